The van der Waals surface area contributed by atoms with Crippen molar-refractivity contribution in [3.05, 3.63) is 21.9 Å². The Morgan fingerprint density at radius 3 is 2.58 bits per heavy atom. The normalized spacial score (nSPS) is 27.0. The van der Waals surface area contributed by atoms with E-state index in [2.05, 4.69) is 31.5 Å². The molecule has 2 atom stereocenters. The lowest BCUT2D eigenvalue weighted by atomic mass is 9.64. The van der Waals surface area contributed by atoms with Crippen molar-refractivity contribution in [3.63, 3.8) is 0 Å². The third kappa shape index (κ3) is 0.957. The molecule has 0 N–H and O–H groups in total. The van der Waals surface area contributed by atoms with E-state index in [1.807, 2.05) is 11.3 Å². The Labute approximate surface area is 78.6 Å². The molecule has 0 bridgehead atoms. The molecule has 1 aliphatic carbocycles. The molecule has 1 heterocycles. The number of hydrogen-bond acceptors (Lipinski definition) is 1. The van der Waals surface area contributed by atoms with Crippen LogP contribution in [-0.4, -0.2) is 0 Å². The van der Waals surface area contributed by atoms with Crippen LogP contribution in [0.25, 0.3) is 0 Å². The summed E-state index contributed by atoms with van der Waals surface area (Å²) in [6.45, 7) is 6.99. The number of fused-ring (bicyclic) bond motifs is 1. The fourth-order valence-electron chi connectivity index (χ4n) is 2.50. The number of thiophene rings is 1. The van der Waals surface area contributed by atoms with E-state index in [0.717, 1.165) is 17.8 Å². The SMILES string of the molecule is CCC1c2cscc2C1C(C)C. The molecule has 0 amide bonds. The third-order valence-electron chi connectivity index (χ3n) is 3.07. The molecule has 2 rings (SSSR count). The van der Waals surface area contributed by atoms with Gasteiger partial charge in [-0.1, -0.05) is 20.8 Å². The van der Waals surface area contributed by atoms with Crippen molar-refractivity contribution >= 4 is 11.3 Å². The van der Waals surface area contributed by atoms with Crippen LogP contribution in [0.4, 0.5) is 0 Å². The summed E-state index contributed by atoms with van der Waals surface area (Å²) in [7, 11) is 0. The minimum atomic E-state index is 0.817. The van der Waals surface area contributed by atoms with E-state index < -0.39 is 0 Å². The Balaban J connectivity index is 2.29. The van der Waals surface area contributed by atoms with Gasteiger partial charge in [0.2, 0.25) is 0 Å². The van der Waals surface area contributed by atoms with Gasteiger partial charge in [0, 0.05) is 0 Å². The molecular formula is C11H16S. The van der Waals surface area contributed by atoms with Crippen LogP contribution in [0.5, 0.6) is 0 Å². The zero-order valence-corrected chi connectivity index (χ0v) is 8.82. The van der Waals surface area contributed by atoms with Crippen LogP contribution < -0.4 is 0 Å². The van der Waals surface area contributed by atoms with Crippen molar-refractivity contribution in [3.8, 4) is 0 Å². The standard InChI is InChI=1S/C11H16S/c1-4-8-9-5-12-6-10(9)11(8)7(2)3/h5-8,11H,4H2,1-3H3. The van der Waals surface area contributed by atoms with Crippen molar-refractivity contribution in [1.82, 2.24) is 0 Å². The van der Waals surface area contributed by atoms with Crippen LogP contribution >= 0.6 is 11.3 Å². The van der Waals surface area contributed by atoms with Gasteiger partial charge in [0.15, 0.2) is 0 Å². The molecule has 0 fully saturated rings. The minimum Gasteiger partial charge on any atom is -0.152 e. The summed E-state index contributed by atoms with van der Waals surface area (Å²) in [5.41, 5.74) is 3.28. The highest BCUT2D eigenvalue weighted by atomic mass is 32.1. The monoisotopic (exact) mass is 180 g/mol. The highest BCUT2D eigenvalue weighted by Gasteiger charge is 2.38. The van der Waals surface area contributed by atoms with E-state index in [0.29, 0.717) is 0 Å². The lowest BCUT2D eigenvalue weighted by molar-refractivity contribution is 0.362. The van der Waals surface area contributed by atoms with Gasteiger partial charge in [-0.2, -0.15) is 11.3 Å². The average molecular weight is 180 g/mol. The molecule has 0 aromatic carbocycles. The Bertz CT molecular complexity index is 272. The van der Waals surface area contributed by atoms with Crippen molar-refractivity contribution < 1.29 is 0 Å². The van der Waals surface area contributed by atoms with Gasteiger partial charge in [0.25, 0.3) is 0 Å². The predicted octanol–water partition coefficient (Wildman–Crippen LogP) is 3.99. The molecule has 1 aliphatic rings. The predicted molar refractivity (Wildman–Crippen MR) is 54.9 cm³/mol. The zero-order valence-electron chi connectivity index (χ0n) is 8.00. The molecule has 0 saturated heterocycles. The lowest BCUT2D eigenvalue weighted by Gasteiger charge is -2.39. The molecule has 0 radical (unpaired) electrons. The van der Waals surface area contributed by atoms with Gasteiger partial charge >= 0.3 is 0 Å². The van der Waals surface area contributed by atoms with Crippen molar-refractivity contribution in [2.45, 2.75) is 39.0 Å². The molecule has 1 aromatic rings. The summed E-state index contributed by atoms with van der Waals surface area (Å²) in [5, 5.41) is 4.68. The average Bonchev–Trinajstić information content (AvgIpc) is 2.34. The quantitative estimate of drug-likeness (QED) is 0.645. The van der Waals surface area contributed by atoms with Crippen LogP contribution in [0.2, 0.25) is 0 Å². The molecule has 0 spiro atoms. The van der Waals surface area contributed by atoms with E-state index in [-0.39, 0.29) is 0 Å². The Morgan fingerprint density at radius 1 is 1.33 bits per heavy atom. The topological polar surface area (TPSA) is 0 Å². The van der Waals surface area contributed by atoms with Gasteiger partial charge in [0.1, 0.15) is 0 Å². The highest BCUT2D eigenvalue weighted by molar-refractivity contribution is 7.08. The van der Waals surface area contributed by atoms with Gasteiger partial charge in [-0.05, 0) is 46.1 Å². The minimum absolute atomic E-state index is 0.817. The number of rotatable bonds is 2. The largest absolute Gasteiger partial charge is 0.152 e. The number of hydrogen-bond donors (Lipinski definition) is 0. The van der Waals surface area contributed by atoms with Crippen LogP contribution in [0.1, 0.15) is 50.2 Å². The molecule has 66 valence electrons. The second kappa shape index (κ2) is 2.88. The summed E-state index contributed by atoms with van der Waals surface area (Å²) in [6.07, 6.45) is 1.31. The van der Waals surface area contributed by atoms with Crippen LogP contribution in [-0.2, 0) is 0 Å². The summed E-state index contributed by atoms with van der Waals surface area (Å²) >= 11 is 1.87. The maximum Gasteiger partial charge on any atom is -0.00551 e. The first-order valence-corrected chi connectivity index (χ1v) is 5.76. The molecule has 1 heteroatoms. The zero-order chi connectivity index (χ0) is 8.72. The summed E-state index contributed by atoms with van der Waals surface area (Å²) < 4.78 is 0. The summed E-state index contributed by atoms with van der Waals surface area (Å²) in [5.74, 6) is 2.54. The lowest BCUT2D eigenvalue weighted by Crippen LogP contribution is -2.26. The van der Waals surface area contributed by atoms with E-state index >= 15 is 0 Å². The van der Waals surface area contributed by atoms with Crippen molar-refractivity contribution in [2.75, 3.05) is 0 Å². The smallest absolute Gasteiger partial charge is 0.00551 e. The van der Waals surface area contributed by atoms with Gasteiger partial charge in [0.05, 0.1) is 0 Å². The van der Waals surface area contributed by atoms with Gasteiger partial charge in [-0.15, -0.1) is 0 Å². The molecule has 2 unspecified atom stereocenters. The molecular weight excluding hydrogens is 164 g/mol. The van der Waals surface area contributed by atoms with Crippen LogP contribution in [0.15, 0.2) is 10.8 Å². The Hall–Kier alpha value is -0.300. The third-order valence-corrected chi connectivity index (χ3v) is 3.85. The molecule has 0 aliphatic heterocycles. The van der Waals surface area contributed by atoms with E-state index in [1.165, 1.54) is 6.42 Å². The van der Waals surface area contributed by atoms with Crippen LogP contribution in [0, 0.1) is 5.92 Å². The van der Waals surface area contributed by atoms with E-state index in [9.17, 15) is 0 Å². The molecule has 1 aromatic heterocycles. The second-order valence-corrected chi connectivity index (χ2v) is 4.81. The van der Waals surface area contributed by atoms with E-state index in [1.54, 1.807) is 11.1 Å². The van der Waals surface area contributed by atoms with Gasteiger partial charge < -0.3 is 0 Å². The fourth-order valence-corrected chi connectivity index (χ4v) is 3.47. The summed E-state index contributed by atoms with van der Waals surface area (Å²) in [4.78, 5) is 0. The van der Waals surface area contributed by atoms with Crippen LogP contribution in [0.3, 0.4) is 0 Å². The molecule has 0 saturated carbocycles. The maximum absolute atomic E-state index is 2.34. The fraction of sp³-hybridized carbons (Fsp3) is 0.636. The highest BCUT2D eigenvalue weighted by Crippen LogP contribution is 2.53. The summed E-state index contributed by atoms with van der Waals surface area (Å²) in [6, 6.07) is 0. The Morgan fingerprint density at radius 2 is 2.00 bits per heavy atom. The Kier molecular flexibility index (Phi) is 1.99. The molecule has 12 heavy (non-hydrogen) atoms. The van der Waals surface area contributed by atoms with Crippen molar-refractivity contribution in [2.24, 2.45) is 5.92 Å². The molecule has 0 nitrogen and oxygen atoms in total. The first-order chi connectivity index (χ1) is 5.75. The van der Waals surface area contributed by atoms with Gasteiger partial charge in [-0.3, -0.25) is 0 Å². The van der Waals surface area contributed by atoms with Gasteiger partial charge in [-0.25, -0.2) is 0 Å². The first kappa shape index (κ1) is 8.31. The van der Waals surface area contributed by atoms with Crippen molar-refractivity contribution in [1.29, 1.82) is 0 Å². The second-order valence-electron chi connectivity index (χ2n) is 4.07. The van der Waals surface area contributed by atoms with E-state index in [4.69, 9.17) is 0 Å². The first-order valence-electron chi connectivity index (χ1n) is 4.81. The maximum atomic E-state index is 2.34.